The number of ether oxygens (including phenoxy) is 3. The number of anilines is 1. The lowest BCUT2D eigenvalue weighted by Crippen LogP contribution is -2.38. The van der Waals surface area contributed by atoms with E-state index in [0.29, 0.717) is 74.6 Å². The summed E-state index contributed by atoms with van der Waals surface area (Å²) in [5, 5.41) is 2.90. The predicted octanol–water partition coefficient (Wildman–Crippen LogP) is 2.15. The molecule has 1 aliphatic rings. The summed E-state index contributed by atoms with van der Waals surface area (Å²) in [6.45, 7) is 5.13. The van der Waals surface area contributed by atoms with E-state index in [-0.39, 0.29) is 17.9 Å². The van der Waals surface area contributed by atoms with Crippen molar-refractivity contribution in [1.82, 2.24) is 20.3 Å². The summed E-state index contributed by atoms with van der Waals surface area (Å²) < 4.78 is 16.7. The van der Waals surface area contributed by atoms with Crippen molar-refractivity contribution < 1.29 is 19.0 Å². The van der Waals surface area contributed by atoms with Gasteiger partial charge < -0.3 is 24.4 Å². The van der Waals surface area contributed by atoms with Gasteiger partial charge in [0.2, 0.25) is 11.9 Å². The number of carbonyl (C=O) groups excluding carboxylic acids is 1. The van der Waals surface area contributed by atoms with E-state index in [1.54, 1.807) is 26.4 Å². The molecule has 2 aromatic heterocycles. The minimum absolute atomic E-state index is 0.150. The molecule has 0 atom stereocenters. The Hall–Kier alpha value is -3.92. The molecule has 190 valence electrons. The highest BCUT2D eigenvalue weighted by molar-refractivity contribution is 5.76. The van der Waals surface area contributed by atoms with Crippen LogP contribution in [0.3, 0.4) is 0 Å². The Kier molecular flexibility index (Phi) is 8.51. The summed E-state index contributed by atoms with van der Waals surface area (Å²) in [7, 11) is 1.58. The van der Waals surface area contributed by atoms with Crippen molar-refractivity contribution in [3.63, 3.8) is 0 Å². The van der Waals surface area contributed by atoms with Gasteiger partial charge >= 0.3 is 0 Å². The molecule has 36 heavy (non-hydrogen) atoms. The van der Waals surface area contributed by atoms with Crippen molar-refractivity contribution in [2.24, 2.45) is 0 Å². The molecular formula is C26H31N5O5. The average molecular weight is 494 g/mol. The Morgan fingerprint density at radius 3 is 2.64 bits per heavy atom. The van der Waals surface area contributed by atoms with Crippen LogP contribution in [0.5, 0.6) is 11.5 Å². The maximum Gasteiger partial charge on any atom is 0.255 e. The molecule has 3 heterocycles. The first-order valence-corrected chi connectivity index (χ1v) is 11.9. The van der Waals surface area contributed by atoms with Crippen LogP contribution < -0.4 is 25.2 Å². The first kappa shape index (κ1) is 25.2. The predicted molar refractivity (Wildman–Crippen MR) is 134 cm³/mol. The van der Waals surface area contributed by atoms with Crippen molar-refractivity contribution in [3.05, 3.63) is 75.5 Å². The second kappa shape index (κ2) is 12.2. The van der Waals surface area contributed by atoms with Crippen molar-refractivity contribution in [1.29, 1.82) is 0 Å². The minimum atomic E-state index is -0.205. The van der Waals surface area contributed by atoms with Gasteiger partial charge in [0.25, 0.3) is 5.56 Å². The summed E-state index contributed by atoms with van der Waals surface area (Å²) in [6.07, 6.45) is 3.94. The first-order valence-electron chi connectivity index (χ1n) is 11.9. The zero-order chi connectivity index (χ0) is 25.3. The van der Waals surface area contributed by atoms with Crippen LogP contribution in [0.2, 0.25) is 0 Å². The van der Waals surface area contributed by atoms with E-state index in [9.17, 15) is 9.59 Å². The number of aromatic nitrogens is 3. The lowest BCUT2D eigenvalue weighted by molar-refractivity contribution is -0.121. The molecule has 0 unspecified atom stereocenters. The van der Waals surface area contributed by atoms with Gasteiger partial charge in [0.05, 0.1) is 20.3 Å². The van der Waals surface area contributed by atoms with Crippen LogP contribution >= 0.6 is 0 Å². The summed E-state index contributed by atoms with van der Waals surface area (Å²) in [5.41, 5.74) is 2.84. The number of pyridine rings is 1. The normalized spacial score (nSPS) is 13.3. The summed E-state index contributed by atoms with van der Waals surface area (Å²) in [6, 6.07) is 9.33. The summed E-state index contributed by atoms with van der Waals surface area (Å²) in [5.74, 6) is 1.61. The van der Waals surface area contributed by atoms with Crippen molar-refractivity contribution in [2.45, 2.75) is 32.9 Å². The number of aromatic amines is 1. The third-order valence-electron chi connectivity index (χ3n) is 5.98. The number of H-pyrrole nitrogens is 1. The van der Waals surface area contributed by atoms with Crippen molar-refractivity contribution in [2.75, 3.05) is 38.3 Å². The van der Waals surface area contributed by atoms with Gasteiger partial charge in [-0.15, -0.1) is 0 Å². The van der Waals surface area contributed by atoms with Gasteiger partial charge in [0.15, 0.2) is 11.5 Å². The number of hydrogen-bond donors (Lipinski definition) is 2. The number of morpholine rings is 1. The lowest BCUT2D eigenvalue weighted by atomic mass is 10.1. The number of nitrogens with zero attached hydrogens (tertiary/aromatic N) is 3. The van der Waals surface area contributed by atoms with Gasteiger partial charge in [-0.2, -0.15) is 0 Å². The number of amides is 1. The first-order chi connectivity index (χ1) is 17.5. The standard InChI is InChI=1S/C26H31N5O5/c1-18-21(25(33)30-26(29-18)31-11-13-35-14-12-31)4-6-24(32)28-16-20-3-5-22(23(15-20)34-2)36-17-19-7-9-27-10-8-19/h3,5,7-10,15H,4,6,11-14,16-17H2,1-2H3,(H,28,32)(H,29,30,33). The number of carbonyl (C=O) groups is 1. The number of nitrogens with one attached hydrogen (secondary N) is 2. The molecule has 4 rings (SSSR count). The second-order valence-corrected chi connectivity index (χ2v) is 8.46. The molecule has 0 radical (unpaired) electrons. The molecule has 2 N–H and O–H groups in total. The van der Waals surface area contributed by atoms with E-state index in [4.69, 9.17) is 14.2 Å². The van der Waals surface area contributed by atoms with E-state index < -0.39 is 0 Å². The van der Waals surface area contributed by atoms with Crippen LogP contribution in [-0.4, -0.2) is 54.3 Å². The highest BCUT2D eigenvalue weighted by Crippen LogP contribution is 2.28. The highest BCUT2D eigenvalue weighted by Gasteiger charge is 2.17. The molecule has 1 aliphatic heterocycles. The number of rotatable bonds is 10. The second-order valence-electron chi connectivity index (χ2n) is 8.46. The number of benzene rings is 1. The Bertz CT molecular complexity index is 1230. The van der Waals surface area contributed by atoms with Crippen LogP contribution in [-0.2, 0) is 29.1 Å². The number of aryl methyl sites for hydroxylation is 1. The average Bonchev–Trinajstić information content (AvgIpc) is 2.91. The van der Waals surface area contributed by atoms with Gasteiger partial charge in [0, 0.05) is 49.7 Å². The molecule has 1 fully saturated rings. The van der Waals surface area contributed by atoms with Crippen LogP contribution in [0.15, 0.2) is 47.5 Å². The summed E-state index contributed by atoms with van der Waals surface area (Å²) in [4.78, 5) is 38.5. The third-order valence-corrected chi connectivity index (χ3v) is 5.98. The SMILES string of the molecule is COc1cc(CNC(=O)CCc2c(C)nc(N3CCOCC3)[nH]c2=O)ccc1OCc1ccncc1. The number of methoxy groups -OCH3 is 1. The highest BCUT2D eigenvalue weighted by atomic mass is 16.5. The molecule has 1 amide bonds. The molecule has 0 spiro atoms. The molecule has 10 nitrogen and oxygen atoms in total. The third kappa shape index (κ3) is 6.60. The van der Waals surface area contributed by atoms with E-state index in [1.807, 2.05) is 35.2 Å². The largest absolute Gasteiger partial charge is 0.493 e. The molecule has 0 saturated carbocycles. The quantitative estimate of drug-likeness (QED) is 0.441. The van der Waals surface area contributed by atoms with Crippen molar-refractivity contribution in [3.8, 4) is 11.5 Å². The topological polar surface area (TPSA) is 119 Å². The number of hydrogen-bond acceptors (Lipinski definition) is 8. The van der Waals surface area contributed by atoms with Crippen LogP contribution in [0.4, 0.5) is 5.95 Å². The molecule has 1 saturated heterocycles. The van der Waals surface area contributed by atoms with E-state index in [1.165, 1.54) is 0 Å². The van der Waals surface area contributed by atoms with E-state index in [2.05, 4.69) is 20.3 Å². The molecule has 10 heteroatoms. The van der Waals surface area contributed by atoms with Gasteiger partial charge in [-0.1, -0.05) is 6.07 Å². The summed E-state index contributed by atoms with van der Waals surface area (Å²) >= 11 is 0. The monoisotopic (exact) mass is 493 g/mol. The minimum Gasteiger partial charge on any atom is -0.493 e. The van der Waals surface area contributed by atoms with Crippen LogP contribution in [0.25, 0.3) is 0 Å². The van der Waals surface area contributed by atoms with E-state index in [0.717, 1.165) is 11.1 Å². The fourth-order valence-corrected chi connectivity index (χ4v) is 3.92. The van der Waals surface area contributed by atoms with Gasteiger partial charge in [0.1, 0.15) is 6.61 Å². The van der Waals surface area contributed by atoms with Crippen LogP contribution in [0.1, 0.15) is 28.8 Å². The Balaban J connectivity index is 1.29. The van der Waals surface area contributed by atoms with Gasteiger partial charge in [-0.25, -0.2) is 4.98 Å². The molecule has 0 aliphatic carbocycles. The Labute approximate surface area is 209 Å². The lowest BCUT2D eigenvalue weighted by Gasteiger charge is -2.27. The molecule has 0 bridgehead atoms. The maximum atomic E-state index is 12.6. The molecule has 1 aromatic carbocycles. The van der Waals surface area contributed by atoms with Gasteiger partial charge in [-0.05, 0) is 48.7 Å². The fourth-order valence-electron chi connectivity index (χ4n) is 3.92. The zero-order valence-corrected chi connectivity index (χ0v) is 20.6. The van der Waals surface area contributed by atoms with E-state index >= 15 is 0 Å². The molecular weight excluding hydrogens is 462 g/mol. The van der Waals surface area contributed by atoms with Crippen LogP contribution in [0, 0.1) is 6.92 Å². The Morgan fingerprint density at radius 2 is 1.92 bits per heavy atom. The molecule has 3 aromatic rings. The zero-order valence-electron chi connectivity index (χ0n) is 20.6. The Morgan fingerprint density at radius 1 is 1.14 bits per heavy atom. The fraction of sp³-hybridized carbons (Fsp3) is 0.385. The van der Waals surface area contributed by atoms with Crippen molar-refractivity contribution >= 4 is 11.9 Å². The van der Waals surface area contributed by atoms with Gasteiger partial charge in [-0.3, -0.25) is 19.6 Å². The maximum absolute atomic E-state index is 12.6. The smallest absolute Gasteiger partial charge is 0.255 e.